The van der Waals surface area contributed by atoms with Crippen molar-refractivity contribution >= 4 is 29.2 Å². The second-order valence-electron chi connectivity index (χ2n) is 6.72. The van der Waals surface area contributed by atoms with Gasteiger partial charge in [-0.1, -0.05) is 6.58 Å². The number of nitrogens with zero attached hydrogens (tertiary/aromatic N) is 2. The molecule has 2 saturated heterocycles. The summed E-state index contributed by atoms with van der Waals surface area (Å²) in [6, 6.07) is 3.82. The smallest absolute Gasteiger partial charge is 0.321 e. The zero-order valence-electron chi connectivity index (χ0n) is 15.0. The third kappa shape index (κ3) is 4.27. The molecule has 2 aliphatic heterocycles. The number of piperidine rings is 1. The Morgan fingerprint density at radius 1 is 1.30 bits per heavy atom. The predicted molar refractivity (Wildman–Crippen MR) is 99.9 cm³/mol. The van der Waals surface area contributed by atoms with Crippen LogP contribution in [0.25, 0.3) is 0 Å². The summed E-state index contributed by atoms with van der Waals surface area (Å²) in [5, 5.41) is 5.46. The van der Waals surface area contributed by atoms with Crippen LogP contribution in [0.2, 0.25) is 0 Å². The monoisotopic (exact) mass is 374 g/mol. The van der Waals surface area contributed by atoms with Gasteiger partial charge in [-0.25, -0.2) is 9.18 Å². The quantitative estimate of drug-likeness (QED) is 0.792. The topological polar surface area (TPSA) is 81.8 Å². The first-order valence-electron chi connectivity index (χ1n) is 9.06. The minimum absolute atomic E-state index is 0.136. The van der Waals surface area contributed by atoms with Crippen molar-refractivity contribution < 1.29 is 18.8 Å². The van der Waals surface area contributed by atoms with E-state index in [1.807, 2.05) is 0 Å². The highest BCUT2D eigenvalue weighted by Gasteiger charge is 2.28. The summed E-state index contributed by atoms with van der Waals surface area (Å²) in [6.45, 7) is 5.40. The van der Waals surface area contributed by atoms with Crippen LogP contribution in [0.1, 0.15) is 19.3 Å². The van der Waals surface area contributed by atoms with E-state index in [1.54, 1.807) is 4.90 Å². The van der Waals surface area contributed by atoms with Crippen molar-refractivity contribution in [2.75, 3.05) is 36.4 Å². The van der Waals surface area contributed by atoms with Gasteiger partial charge in [0.25, 0.3) is 0 Å². The third-order valence-electron chi connectivity index (χ3n) is 4.86. The molecule has 2 fully saturated rings. The van der Waals surface area contributed by atoms with E-state index in [9.17, 15) is 18.8 Å². The number of carbonyl (C=O) groups is 3. The first-order chi connectivity index (χ1) is 13.0. The summed E-state index contributed by atoms with van der Waals surface area (Å²) in [6.07, 6.45) is 3.38. The van der Waals surface area contributed by atoms with E-state index in [1.165, 1.54) is 29.2 Å². The fourth-order valence-corrected chi connectivity index (χ4v) is 3.42. The molecule has 0 aliphatic carbocycles. The fourth-order valence-electron chi connectivity index (χ4n) is 3.42. The van der Waals surface area contributed by atoms with Gasteiger partial charge in [0.15, 0.2) is 0 Å². The minimum Gasteiger partial charge on any atom is -0.338 e. The number of nitrogens with one attached hydrogen (secondary N) is 2. The van der Waals surface area contributed by atoms with Gasteiger partial charge in [0, 0.05) is 31.9 Å². The maximum absolute atomic E-state index is 14.2. The summed E-state index contributed by atoms with van der Waals surface area (Å²) in [4.78, 5) is 39.3. The number of carbonyl (C=O) groups excluding carboxylic acids is 3. The van der Waals surface area contributed by atoms with Crippen LogP contribution in [0, 0.1) is 11.7 Å². The van der Waals surface area contributed by atoms with E-state index >= 15 is 0 Å². The Kier molecular flexibility index (Phi) is 5.73. The lowest BCUT2D eigenvalue weighted by molar-refractivity contribution is -0.130. The number of benzene rings is 1. The molecule has 3 rings (SSSR count). The van der Waals surface area contributed by atoms with E-state index < -0.39 is 5.82 Å². The van der Waals surface area contributed by atoms with Gasteiger partial charge >= 0.3 is 6.03 Å². The molecule has 1 aromatic rings. The molecule has 0 aromatic heterocycles. The lowest BCUT2D eigenvalue weighted by Crippen LogP contribution is -2.46. The highest BCUT2D eigenvalue weighted by Crippen LogP contribution is 2.26. The maximum atomic E-state index is 14.2. The molecule has 2 N–H and O–H groups in total. The molecular formula is C19H23FN4O3. The first kappa shape index (κ1) is 18.9. The SMILES string of the molecule is C=CC(=O)N1CCCC(C(=O)Nc2ccc(F)c(N3CCCNC3=O)c2)C1. The Bertz CT molecular complexity index is 767. The van der Waals surface area contributed by atoms with E-state index in [4.69, 9.17) is 0 Å². The van der Waals surface area contributed by atoms with E-state index in [2.05, 4.69) is 17.2 Å². The summed E-state index contributed by atoms with van der Waals surface area (Å²) in [7, 11) is 0. The normalized spacial score (nSPS) is 20.0. The molecule has 0 bridgehead atoms. The highest BCUT2D eigenvalue weighted by molar-refractivity contribution is 5.96. The molecule has 8 heteroatoms. The summed E-state index contributed by atoms with van der Waals surface area (Å²) >= 11 is 0. The van der Waals surface area contributed by atoms with Crippen molar-refractivity contribution in [3.8, 4) is 0 Å². The van der Waals surface area contributed by atoms with Crippen LogP contribution < -0.4 is 15.5 Å². The average molecular weight is 374 g/mol. The molecule has 1 unspecified atom stereocenters. The number of rotatable bonds is 4. The summed E-state index contributed by atoms with van der Waals surface area (Å²) in [5.41, 5.74) is 0.555. The van der Waals surface area contributed by atoms with Crippen molar-refractivity contribution in [3.63, 3.8) is 0 Å². The summed E-state index contributed by atoms with van der Waals surface area (Å²) < 4.78 is 14.2. The van der Waals surface area contributed by atoms with Gasteiger partial charge in [0.05, 0.1) is 11.6 Å². The van der Waals surface area contributed by atoms with Crippen LogP contribution in [0.3, 0.4) is 0 Å². The molecule has 1 aromatic carbocycles. The predicted octanol–water partition coefficient (Wildman–Crippen LogP) is 2.11. The number of amides is 4. The molecule has 7 nitrogen and oxygen atoms in total. The molecule has 0 saturated carbocycles. The number of hydrogen-bond acceptors (Lipinski definition) is 3. The molecule has 0 radical (unpaired) electrons. The van der Waals surface area contributed by atoms with Crippen molar-refractivity contribution in [2.45, 2.75) is 19.3 Å². The molecule has 4 amide bonds. The van der Waals surface area contributed by atoms with Crippen LogP contribution >= 0.6 is 0 Å². The number of likely N-dealkylation sites (tertiary alicyclic amines) is 1. The number of halogens is 1. The van der Waals surface area contributed by atoms with Crippen LogP contribution in [0.4, 0.5) is 20.6 Å². The maximum Gasteiger partial charge on any atom is 0.321 e. The Hall–Kier alpha value is -2.90. The molecule has 27 heavy (non-hydrogen) atoms. The Balaban J connectivity index is 1.71. The molecular weight excluding hydrogens is 351 g/mol. The number of urea groups is 1. The van der Waals surface area contributed by atoms with Crippen LogP contribution in [-0.2, 0) is 9.59 Å². The molecule has 2 aliphatic rings. The molecule has 1 atom stereocenters. The second kappa shape index (κ2) is 8.20. The first-order valence-corrected chi connectivity index (χ1v) is 9.06. The van der Waals surface area contributed by atoms with Crippen LogP contribution in [0.5, 0.6) is 0 Å². The van der Waals surface area contributed by atoms with Crippen molar-refractivity contribution in [1.82, 2.24) is 10.2 Å². The van der Waals surface area contributed by atoms with E-state index in [0.29, 0.717) is 38.3 Å². The van der Waals surface area contributed by atoms with Crippen molar-refractivity contribution in [2.24, 2.45) is 5.92 Å². The van der Waals surface area contributed by atoms with Gasteiger partial charge in [0.1, 0.15) is 5.82 Å². The minimum atomic E-state index is -0.523. The Morgan fingerprint density at radius 3 is 2.85 bits per heavy atom. The number of hydrogen-bond donors (Lipinski definition) is 2. The van der Waals surface area contributed by atoms with Gasteiger partial charge in [-0.05, 0) is 43.5 Å². The van der Waals surface area contributed by atoms with Gasteiger partial charge < -0.3 is 15.5 Å². The second-order valence-corrected chi connectivity index (χ2v) is 6.72. The van der Waals surface area contributed by atoms with E-state index in [0.717, 1.165) is 12.8 Å². The van der Waals surface area contributed by atoms with Crippen LogP contribution in [-0.4, -0.2) is 48.9 Å². The molecule has 2 heterocycles. The third-order valence-corrected chi connectivity index (χ3v) is 4.86. The van der Waals surface area contributed by atoms with Gasteiger partial charge in [-0.3, -0.25) is 14.5 Å². The lowest BCUT2D eigenvalue weighted by atomic mass is 9.97. The fraction of sp³-hybridized carbons (Fsp3) is 0.421. The van der Waals surface area contributed by atoms with Gasteiger partial charge in [-0.2, -0.15) is 0 Å². The van der Waals surface area contributed by atoms with Crippen molar-refractivity contribution in [3.05, 3.63) is 36.7 Å². The standard InChI is InChI=1S/C19H23FN4O3/c1-2-17(25)23-9-3-5-13(12-23)18(26)22-14-6-7-15(20)16(11-14)24-10-4-8-21-19(24)27/h2,6-7,11,13H,1,3-5,8-10,12H2,(H,21,27)(H,22,26). The number of anilines is 2. The zero-order chi connectivity index (χ0) is 19.4. The molecule has 0 spiro atoms. The Labute approximate surface area is 157 Å². The largest absolute Gasteiger partial charge is 0.338 e. The summed E-state index contributed by atoms with van der Waals surface area (Å²) in [5.74, 6) is -1.27. The zero-order valence-corrected chi connectivity index (χ0v) is 15.0. The Morgan fingerprint density at radius 2 is 2.11 bits per heavy atom. The van der Waals surface area contributed by atoms with Crippen LogP contribution in [0.15, 0.2) is 30.9 Å². The van der Waals surface area contributed by atoms with Gasteiger partial charge in [-0.15, -0.1) is 0 Å². The molecule has 144 valence electrons. The van der Waals surface area contributed by atoms with Gasteiger partial charge in [0.2, 0.25) is 11.8 Å². The van der Waals surface area contributed by atoms with Crippen molar-refractivity contribution in [1.29, 1.82) is 0 Å². The van der Waals surface area contributed by atoms with E-state index in [-0.39, 0.29) is 29.5 Å². The highest BCUT2D eigenvalue weighted by atomic mass is 19.1. The average Bonchev–Trinajstić information content (AvgIpc) is 2.69. The lowest BCUT2D eigenvalue weighted by Gasteiger charge is -2.31.